The van der Waals surface area contributed by atoms with Crippen molar-refractivity contribution in [1.29, 1.82) is 0 Å². The number of hydrogen-bond acceptors (Lipinski definition) is 5. The maximum absolute atomic E-state index is 12.8. The number of alkyl halides is 3. The molecule has 2 rings (SSSR count). The molecule has 0 saturated carbocycles. The van der Waals surface area contributed by atoms with Crippen molar-refractivity contribution in [1.82, 2.24) is 9.97 Å². The molecular formula is C12H9F3N2O3. The van der Waals surface area contributed by atoms with Gasteiger partial charge in [-0.3, -0.25) is 4.79 Å². The monoisotopic (exact) mass is 286 g/mol. The quantitative estimate of drug-likeness (QED) is 0.859. The fourth-order valence-corrected chi connectivity index (χ4v) is 1.76. The molecule has 0 aliphatic rings. The van der Waals surface area contributed by atoms with E-state index < -0.39 is 29.0 Å². The first-order valence-corrected chi connectivity index (χ1v) is 5.41. The van der Waals surface area contributed by atoms with Crippen LogP contribution in [0.4, 0.5) is 13.2 Å². The first kappa shape index (κ1) is 14.0. The second-order valence-corrected chi connectivity index (χ2v) is 3.96. The minimum absolute atomic E-state index is 0.0981. The molecular weight excluding hydrogens is 277 g/mol. The lowest BCUT2D eigenvalue weighted by atomic mass is 10.1. The molecule has 0 saturated heterocycles. The Morgan fingerprint density at radius 1 is 1.30 bits per heavy atom. The second-order valence-electron chi connectivity index (χ2n) is 3.96. The summed E-state index contributed by atoms with van der Waals surface area (Å²) in [4.78, 5) is 18.7. The van der Waals surface area contributed by atoms with Crippen molar-refractivity contribution in [2.45, 2.75) is 13.1 Å². The fraction of sp³-hybridized carbons (Fsp3) is 0.250. The zero-order valence-electron chi connectivity index (χ0n) is 10.4. The van der Waals surface area contributed by atoms with E-state index in [9.17, 15) is 23.1 Å². The SMILES string of the molecule is COc1ccc2nc(C(F)(F)F)c(O)c(C(C)=O)c2n1. The van der Waals surface area contributed by atoms with Gasteiger partial charge in [-0.1, -0.05) is 0 Å². The van der Waals surface area contributed by atoms with Crippen LogP contribution in [-0.2, 0) is 6.18 Å². The Labute approximate surface area is 111 Å². The molecule has 0 aromatic carbocycles. The van der Waals surface area contributed by atoms with Crippen LogP contribution in [0.1, 0.15) is 23.0 Å². The van der Waals surface area contributed by atoms with E-state index in [1.165, 1.54) is 19.2 Å². The van der Waals surface area contributed by atoms with Crippen LogP contribution in [0, 0.1) is 0 Å². The number of fused-ring (bicyclic) bond motifs is 1. The third-order valence-electron chi connectivity index (χ3n) is 2.61. The van der Waals surface area contributed by atoms with Gasteiger partial charge in [0.15, 0.2) is 17.2 Å². The van der Waals surface area contributed by atoms with Crippen molar-refractivity contribution in [3.8, 4) is 11.6 Å². The molecule has 0 radical (unpaired) electrons. The topological polar surface area (TPSA) is 72.3 Å². The van der Waals surface area contributed by atoms with Gasteiger partial charge in [0.1, 0.15) is 5.52 Å². The van der Waals surface area contributed by atoms with E-state index in [4.69, 9.17) is 4.74 Å². The molecule has 2 aromatic heterocycles. The molecule has 0 aliphatic carbocycles. The van der Waals surface area contributed by atoms with Crippen LogP contribution < -0.4 is 4.74 Å². The van der Waals surface area contributed by atoms with Crippen LogP contribution in [-0.4, -0.2) is 28.0 Å². The van der Waals surface area contributed by atoms with E-state index >= 15 is 0 Å². The largest absolute Gasteiger partial charge is 0.505 e. The summed E-state index contributed by atoms with van der Waals surface area (Å²) in [5.74, 6) is -1.87. The van der Waals surface area contributed by atoms with Crippen molar-refractivity contribution >= 4 is 16.8 Å². The molecule has 0 aliphatic heterocycles. The van der Waals surface area contributed by atoms with Gasteiger partial charge in [-0.25, -0.2) is 9.97 Å². The predicted octanol–water partition coefficient (Wildman–Crippen LogP) is 2.57. The molecule has 0 amide bonds. The number of ether oxygens (including phenoxy) is 1. The van der Waals surface area contributed by atoms with Crippen molar-refractivity contribution in [2.75, 3.05) is 7.11 Å². The molecule has 0 bridgehead atoms. The van der Waals surface area contributed by atoms with E-state index in [2.05, 4.69) is 9.97 Å². The summed E-state index contributed by atoms with van der Waals surface area (Å²) in [5, 5.41) is 9.67. The number of Topliss-reactive ketones (excluding diaryl/α,β-unsaturated/α-hetero) is 1. The van der Waals surface area contributed by atoms with Crippen LogP contribution in [0.25, 0.3) is 11.0 Å². The van der Waals surface area contributed by atoms with E-state index in [0.717, 1.165) is 6.92 Å². The molecule has 8 heteroatoms. The number of halogens is 3. The Morgan fingerprint density at radius 3 is 2.45 bits per heavy atom. The van der Waals surface area contributed by atoms with E-state index in [1.807, 2.05) is 0 Å². The maximum Gasteiger partial charge on any atom is 0.437 e. The van der Waals surface area contributed by atoms with Crippen LogP contribution in [0.2, 0.25) is 0 Å². The van der Waals surface area contributed by atoms with Gasteiger partial charge in [-0.05, 0) is 13.0 Å². The lowest BCUT2D eigenvalue weighted by Crippen LogP contribution is -2.12. The highest BCUT2D eigenvalue weighted by molar-refractivity contribution is 6.07. The number of pyridine rings is 2. The minimum atomic E-state index is -4.87. The fourth-order valence-electron chi connectivity index (χ4n) is 1.76. The maximum atomic E-state index is 12.8. The summed E-state index contributed by atoms with van der Waals surface area (Å²) < 4.78 is 43.2. The smallest absolute Gasteiger partial charge is 0.437 e. The summed E-state index contributed by atoms with van der Waals surface area (Å²) in [6.45, 7) is 1.04. The Bertz CT molecular complexity index is 698. The number of carbonyl (C=O) groups excluding carboxylic acids is 1. The first-order chi connectivity index (χ1) is 9.25. The molecule has 1 N–H and O–H groups in total. The standard InChI is InChI=1S/C12H9F3N2O3/c1-5(18)8-9-6(3-4-7(17-9)20-2)16-11(10(8)19)12(13,14)15/h3-4,19H,1-2H3. The average Bonchev–Trinajstić information content (AvgIpc) is 2.35. The number of carbonyl (C=O) groups is 1. The summed E-state index contributed by atoms with van der Waals surface area (Å²) >= 11 is 0. The molecule has 0 spiro atoms. The van der Waals surface area contributed by atoms with Gasteiger partial charge >= 0.3 is 6.18 Å². The highest BCUT2D eigenvalue weighted by Gasteiger charge is 2.38. The number of nitrogens with zero attached hydrogens (tertiary/aromatic N) is 2. The first-order valence-electron chi connectivity index (χ1n) is 5.41. The van der Waals surface area contributed by atoms with Crippen LogP contribution in [0.5, 0.6) is 11.6 Å². The third-order valence-corrected chi connectivity index (χ3v) is 2.61. The van der Waals surface area contributed by atoms with E-state index in [0.29, 0.717) is 0 Å². The normalized spacial score (nSPS) is 11.7. The summed E-state index contributed by atoms with van der Waals surface area (Å²) in [5.41, 5.74) is -2.33. The highest BCUT2D eigenvalue weighted by atomic mass is 19.4. The molecule has 2 heterocycles. The number of rotatable bonds is 2. The van der Waals surface area contributed by atoms with Gasteiger partial charge in [0, 0.05) is 6.07 Å². The average molecular weight is 286 g/mol. The summed E-state index contributed by atoms with van der Waals surface area (Å²) in [6, 6.07) is 2.55. The molecule has 5 nitrogen and oxygen atoms in total. The van der Waals surface area contributed by atoms with E-state index in [1.54, 1.807) is 0 Å². The summed E-state index contributed by atoms with van der Waals surface area (Å²) in [6.07, 6.45) is -4.87. The van der Waals surface area contributed by atoms with Gasteiger partial charge in [-0.2, -0.15) is 13.2 Å². The number of aromatic nitrogens is 2. The zero-order valence-corrected chi connectivity index (χ0v) is 10.4. The van der Waals surface area contributed by atoms with E-state index in [-0.39, 0.29) is 16.9 Å². The van der Waals surface area contributed by atoms with Gasteiger partial charge in [0.05, 0.1) is 18.2 Å². The van der Waals surface area contributed by atoms with Crippen LogP contribution in [0.15, 0.2) is 12.1 Å². The summed E-state index contributed by atoms with van der Waals surface area (Å²) in [7, 11) is 1.32. The molecule has 106 valence electrons. The Morgan fingerprint density at radius 2 is 1.95 bits per heavy atom. The lowest BCUT2D eigenvalue weighted by Gasteiger charge is -2.13. The van der Waals surface area contributed by atoms with Gasteiger partial charge in [-0.15, -0.1) is 0 Å². The van der Waals surface area contributed by atoms with Gasteiger partial charge < -0.3 is 9.84 Å². The molecule has 0 atom stereocenters. The number of hydrogen-bond donors (Lipinski definition) is 1. The van der Waals surface area contributed by atoms with Crippen LogP contribution >= 0.6 is 0 Å². The molecule has 20 heavy (non-hydrogen) atoms. The number of methoxy groups -OCH3 is 1. The minimum Gasteiger partial charge on any atom is -0.505 e. The molecule has 2 aromatic rings. The Kier molecular flexibility index (Phi) is 3.24. The van der Waals surface area contributed by atoms with Crippen molar-refractivity contribution in [3.63, 3.8) is 0 Å². The highest BCUT2D eigenvalue weighted by Crippen LogP contribution is 2.39. The van der Waals surface area contributed by atoms with Crippen molar-refractivity contribution in [2.24, 2.45) is 0 Å². The van der Waals surface area contributed by atoms with Crippen molar-refractivity contribution in [3.05, 3.63) is 23.4 Å². The van der Waals surface area contributed by atoms with Gasteiger partial charge in [0.2, 0.25) is 5.88 Å². The lowest BCUT2D eigenvalue weighted by molar-refractivity contribution is -0.142. The zero-order chi connectivity index (χ0) is 15.1. The van der Waals surface area contributed by atoms with Gasteiger partial charge in [0.25, 0.3) is 0 Å². The second kappa shape index (κ2) is 4.62. The third kappa shape index (κ3) is 2.24. The molecule has 0 fully saturated rings. The number of ketones is 1. The Balaban J connectivity index is 2.91. The predicted molar refractivity (Wildman–Crippen MR) is 62.8 cm³/mol. The molecule has 0 unspecified atom stereocenters. The van der Waals surface area contributed by atoms with Crippen molar-refractivity contribution < 1.29 is 27.8 Å². The number of aromatic hydroxyl groups is 1. The van der Waals surface area contributed by atoms with Crippen LogP contribution in [0.3, 0.4) is 0 Å². The Hall–Kier alpha value is -2.38.